The van der Waals surface area contributed by atoms with Gasteiger partial charge in [0.2, 0.25) is 17.7 Å². The lowest BCUT2D eigenvalue weighted by Gasteiger charge is -2.32. The van der Waals surface area contributed by atoms with Gasteiger partial charge in [0.1, 0.15) is 29.9 Å². The standard InChI is InChI=1S/C31H39N7O6.C2HF3O2/c1-21-24(10-11-25(35-21)43-4)27(28(40)33-14-22-6-8-23(42-3)9-7-22)37-16-30(2)15-36(17-31(30,18-37)29(41)44-5)26(39)12-13-38-20-32-19-34-38;3-2(4,5)1(6)7/h6-11,19-20,27H,12-18H2,1-5H3,(H,33,40);(H,6,7)/t27?,30-,31+;/m1./s1. The third kappa shape index (κ3) is 8.56. The summed E-state index contributed by atoms with van der Waals surface area (Å²) in [7, 11) is 4.52. The number of hydrogen-bond donors (Lipinski definition) is 2. The number of nitrogens with zero attached hydrogens (tertiary/aromatic N) is 6. The van der Waals surface area contributed by atoms with Crippen LogP contribution in [-0.4, -0.2) is 112 Å². The molecule has 2 N–H and O–H groups in total. The Kier molecular flexibility index (Phi) is 11.9. The summed E-state index contributed by atoms with van der Waals surface area (Å²) >= 11 is 0. The van der Waals surface area contributed by atoms with Gasteiger partial charge in [0, 0.05) is 61.9 Å². The highest BCUT2D eigenvalue weighted by Gasteiger charge is 2.67. The molecule has 4 heterocycles. The second-order valence-corrected chi connectivity index (χ2v) is 12.5. The summed E-state index contributed by atoms with van der Waals surface area (Å²) in [6, 6.07) is 10.3. The molecule has 0 saturated carbocycles. The lowest BCUT2D eigenvalue weighted by atomic mass is 9.69. The molecule has 0 radical (unpaired) electrons. The Labute approximate surface area is 291 Å². The van der Waals surface area contributed by atoms with Crippen molar-refractivity contribution in [2.75, 3.05) is 47.5 Å². The number of carbonyl (C=O) groups excluding carboxylic acids is 3. The smallest absolute Gasteiger partial charge is 0.490 e. The number of methoxy groups -OCH3 is 3. The van der Waals surface area contributed by atoms with Crippen LogP contribution in [0.1, 0.15) is 36.2 Å². The van der Waals surface area contributed by atoms with E-state index in [1.807, 2.05) is 49.1 Å². The van der Waals surface area contributed by atoms with Crippen molar-refractivity contribution in [3.63, 3.8) is 0 Å². The number of carbonyl (C=O) groups is 4. The number of fused-ring (bicyclic) bond motifs is 1. The zero-order valence-corrected chi connectivity index (χ0v) is 28.8. The monoisotopic (exact) mass is 719 g/mol. The quantitative estimate of drug-likeness (QED) is 0.277. The molecule has 5 rings (SSSR count). The van der Waals surface area contributed by atoms with E-state index >= 15 is 0 Å². The van der Waals surface area contributed by atoms with Gasteiger partial charge in [-0.15, -0.1) is 0 Å². The molecule has 2 fully saturated rings. The van der Waals surface area contributed by atoms with Crippen LogP contribution in [0.2, 0.25) is 0 Å². The summed E-state index contributed by atoms with van der Waals surface area (Å²) < 4.78 is 49.3. The van der Waals surface area contributed by atoms with Gasteiger partial charge < -0.3 is 29.5 Å². The molecule has 3 atom stereocenters. The van der Waals surface area contributed by atoms with Crippen molar-refractivity contribution in [2.45, 2.75) is 45.6 Å². The lowest BCUT2D eigenvalue weighted by molar-refractivity contribution is -0.192. The Balaban J connectivity index is 0.000000755. The van der Waals surface area contributed by atoms with E-state index in [-0.39, 0.29) is 31.3 Å². The van der Waals surface area contributed by atoms with Gasteiger partial charge in [-0.05, 0) is 30.7 Å². The Bertz CT molecular complexity index is 1710. The minimum atomic E-state index is -5.08. The lowest BCUT2D eigenvalue weighted by Crippen LogP contribution is -2.46. The number of esters is 1. The topological polar surface area (TPSA) is 178 Å². The molecule has 1 unspecified atom stereocenters. The van der Waals surface area contributed by atoms with Crippen molar-refractivity contribution in [1.29, 1.82) is 0 Å². The van der Waals surface area contributed by atoms with Crippen molar-refractivity contribution >= 4 is 23.8 Å². The molecule has 1 aromatic carbocycles. The minimum Gasteiger partial charge on any atom is -0.497 e. The first-order valence-electron chi connectivity index (χ1n) is 15.7. The predicted molar refractivity (Wildman–Crippen MR) is 172 cm³/mol. The SMILES string of the molecule is COC(=O)[C@@]12CN(C(=O)CCn3cncn3)C[C@]1(C)CN(C(C(=O)NCc1ccc(OC)cc1)c1ccc(OC)nc1C)C2.O=C(O)C(F)(F)F. The molecule has 276 valence electrons. The predicted octanol–water partition coefficient (Wildman–Crippen LogP) is 2.40. The fraction of sp³-hybridized carbons (Fsp3) is 0.485. The van der Waals surface area contributed by atoms with Crippen LogP contribution in [0, 0.1) is 17.8 Å². The molecule has 0 aliphatic carbocycles. The van der Waals surface area contributed by atoms with Crippen LogP contribution in [0.5, 0.6) is 11.6 Å². The maximum atomic E-state index is 14.0. The Hall–Kier alpha value is -5.26. The van der Waals surface area contributed by atoms with Gasteiger partial charge in [-0.2, -0.15) is 18.3 Å². The zero-order valence-electron chi connectivity index (χ0n) is 28.8. The summed E-state index contributed by atoms with van der Waals surface area (Å²) in [6.45, 7) is 5.71. The number of carboxylic acid groups (broad SMARTS) is 1. The van der Waals surface area contributed by atoms with Crippen LogP contribution in [0.3, 0.4) is 0 Å². The molecule has 0 bridgehead atoms. The number of aromatic nitrogens is 4. The molecular weight excluding hydrogens is 679 g/mol. The van der Waals surface area contributed by atoms with Crippen molar-refractivity contribution < 1.29 is 51.7 Å². The number of nitrogens with one attached hydrogen (secondary N) is 1. The summed E-state index contributed by atoms with van der Waals surface area (Å²) in [5, 5.41) is 14.3. The molecule has 2 aliphatic rings. The van der Waals surface area contributed by atoms with E-state index in [0.717, 1.165) is 11.3 Å². The highest BCUT2D eigenvalue weighted by Crippen LogP contribution is 2.54. The Morgan fingerprint density at radius 1 is 1.00 bits per heavy atom. The summed E-state index contributed by atoms with van der Waals surface area (Å²) in [4.78, 5) is 62.0. The summed E-state index contributed by atoms with van der Waals surface area (Å²) in [6.07, 6.45) is -1.86. The number of likely N-dealkylation sites (tertiary alicyclic amines) is 2. The van der Waals surface area contributed by atoms with Gasteiger partial charge in [-0.3, -0.25) is 24.0 Å². The van der Waals surface area contributed by atoms with Crippen molar-refractivity contribution in [1.82, 2.24) is 34.9 Å². The largest absolute Gasteiger partial charge is 0.497 e. The first-order chi connectivity index (χ1) is 24.1. The summed E-state index contributed by atoms with van der Waals surface area (Å²) in [5.74, 6) is -2.27. The van der Waals surface area contributed by atoms with Gasteiger partial charge in [0.05, 0.1) is 27.9 Å². The van der Waals surface area contributed by atoms with Crippen LogP contribution in [0.4, 0.5) is 13.2 Å². The van der Waals surface area contributed by atoms with E-state index in [9.17, 15) is 27.6 Å². The van der Waals surface area contributed by atoms with E-state index in [0.29, 0.717) is 43.3 Å². The van der Waals surface area contributed by atoms with Crippen molar-refractivity contribution in [2.24, 2.45) is 10.8 Å². The van der Waals surface area contributed by atoms with E-state index in [1.54, 1.807) is 36.2 Å². The average Bonchev–Trinajstić information content (AvgIpc) is 3.79. The molecule has 2 saturated heterocycles. The first-order valence-corrected chi connectivity index (χ1v) is 15.7. The van der Waals surface area contributed by atoms with E-state index < -0.39 is 35.0 Å². The normalized spacial score (nSPS) is 20.4. The van der Waals surface area contributed by atoms with Crippen molar-refractivity contribution in [3.8, 4) is 11.6 Å². The maximum Gasteiger partial charge on any atom is 0.490 e. The molecule has 51 heavy (non-hydrogen) atoms. The molecule has 0 spiro atoms. The molecule has 18 heteroatoms. The Morgan fingerprint density at radius 2 is 1.69 bits per heavy atom. The third-order valence-electron chi connectivity index (χ3n) is 9.22. The maximum absolute atomic E-state index is 14.0. The van der Waals surface area contributed by atoms with Crippen LogP contribution in [0.25, 0.3) is 0 Å². The van der Waals surface area contributed by atoms with Crippen LogP contribution >= 0.6 is 0 Å². The van der Waals surface area contributed by atoms with Gasteiger partial charge in [0.15, 0.2) is 0 Å². The number of ether oxygens (including phenoxy) is 3. The first kappa shape index (κ1) is 38.5. The minimum absolute atomic E-state index is 0.0741. The number of carboxylic acids is 1. The molecule has 2 amide bonds. The molecule has 2 aliphatic heterocycles. The number of amides is 2. The van der Waals surface area contributed by atoms with Crippen LogP contribution in [-0.2, 0) is 37.0 Å². The number of pyridine rings is 1. The second kappa shape index (κ2) is 15.7. The average molecular weight is 720 g/mol. The fourth-order valence-corrected chi connectivity index (χ4v) is 6.57. The number of hydrogen-bond acceptors (Lipinski definition) is 11. The van der Waals surface area contributed by atoms with E-state index in [4.69, 9.17) is 24.1 Å². The van der Waals surface area contributed by atoms with Crippen LogP contribution in [0.15, 0.2) is 49.1 Å². The van der Waals surface area contributed by atoms with Crippen LogP contribution < -0.4 is 14.8 Å². The van der Waals surface area contributed by atoms with Gasteiger partial charge in [-0.25, -0.2) is 14.8 Å². The van der Waals surface area contributed by atoms with E-state index in [1.165, 1.54) is 13.4 Å². The van der Waals surface area contributed by atoms with Gasteiger partial charge in [0.25, 0.3) is 0 Å². The molecule has 15 nitrogen and oxygen atoms in total. The van der Waals surface area contributed by atoms with Crippen molar-refractivity contribution in [3.05, 3.63) is 65.9 Å². The molecule has 2 aromatic heterocycles. The van der Waals surface area contributed by atoms with E-state index in [2.05, 4.69) is 20.4 Å². The second-order valence-electron chi connectivity index (χ2n) is 12.5. The van der Waals surface area contributed by atoms with Gasteiger partial charge in [-0.1, -0.05) is 19.1 Å². The number of rotatable bonds is 11. The third-order valence-corrected chi connectivity index (χ3v) is 9.22. The fourth-order valence-electron chi connectivity index (χ4n) is 6.57. The number of aliphatic carboxylic acids is 1. The molecule has 3 aromatic rings. The number of halogens is 3. The zero-order chi connectivity index (χ0) is 37.6. The Morgan fingerprint density at radius 3 is 2.24 bits per heavy atom. The molecular formula is C33H40F3N7O8. The number of alkyl halides is 3. The number of benzene rings is 1. The van der Waals surface area contributed by atoms with Gasteiger partial charge >= 0.3 is 18.1 Å². The number of aryl methyl sites for hydroxylation is 2. The summed E-state index contributed by atoms with van der Waals surface area (Å²) in [5.41, 5.74) is 0.590. The highest BCUT2D eigenvalue weighted by atomic mass is 19.4. The highest BCUT2D eigenvalue weighted by molar-refractivity contribution is 5.86.